The molecule has 1 aliphatic rings. The van der Waals surface area contributed by atoms with Crippen molar-refractivity contribution < 1.29 is 8.78 Å². The van der Waals surface area contributed by atoms with E-state index in [0.717, 1.165) is 31.7 Å². The Kier molecular flexibility index (Phi) is 4.72. The lowest BCUT2D eigenvalue weighted by Crippen LogP contribution is -2.42. The summed E-state index contributed by atoms with van der Waals surface area (Å²) in [5.74, 6) is -0.864. The van der Waals surface area contributed by atoms with Crippen LogP contribution in [0.3, 0.4) is 0 Å². The van der Waals surface area contributed by atoms with Crippen LogP contribution in [0.1, 0.15) is 58.4 Å². The van der Waals surface area contributed by atoms with E-state index in [0.29, 0.717) is 17.9 Å². The van der Waals surface area contributed by atoms with Gasteiger partial charge in [0, 0.05) is 5.54 Å². The Morgan fingerprint density at radius 2 is 1.90 bits per heavy atom. The highest BCUT2D eigenvalue weighted by Crippen LogP contribution is 2.40. The third kappa shape index (κ3) is 4.03. The van der Waals surface area contributed by atoms with Gasteiger partial charge < -0.3 is 5.73 Å². The lowest BCUT2D eigenvalue weighted by molar-refractivity contribution is 0.210. The van der Waals surface area contributed by atoms with Gasteiger partial charge in [0.2, 0.25) is 0 Å². The Labute approximate surface area is 126 Å². The number of rotatable bonds is 2. The molecule has 2 rings (SSSR count). The van der Waals surface area contributed by atoms with Crippen LogP contribution in [-0.4, -0.2) is 5.54 Å². The van der Waals surface area contributed by atoms with Gasteiger partial charge in [0.25, 0.3) is 0 Å². The molecule has 2 N–H and O–H groups in total. The van der Waals surface area contributed by atoms with Gasteiger partial charge in [-0.05, 0) is 55.1 Å². The number of nitrogens with two attached hydrogens (primary N) is 1. The highest BCUT2D eigenvalue weighted by Gasteiger charge is 2.34. The van der Waals surface area contributed by atoms with Crippen molar-refractivity contribution in [2.75, 3.05) is 0 Å². The zero-order valence-corrected chi connectivity index (χ0v) is 13.4. The maximum Gasteiger partial charge on any atom is 0.162 e. The van der Waals surface area contributed by atoms with E-state index in [1.807, 2.05) is 0 Å². The molecule has 0 saturated heterocycles. The molecule has 0 heterocycles. The first-order valence-corrected chi connectivity index (χ1v) is 7.93. The lowest BCUT2D eigenvalue weighted by Gasteiger charge is -2.31. The molecule has 1 aromatic carbocycles. The Hall–Kier alpha value is -0.960. The molecule has 0 radical (unpaired) electrons. The number of hydrogen-bond donors (Lipinski definition) is 1. The van der Waals surface area contributed by atoms with E-state index in [9.17, 15) is 8.78 Å². The predicted molar refractivity (Wildman–Crippen MR) is 83.0 cm³/mol. The van der Waals surface area contributed by atoms with Crippen molar-refractivity contribution in [1.29, 1.82) is 0 Å². The minimum atomic E-state index is -0.780. The van der Waals surface area contributed by atoms with Gasteiger partial charge in [0.15, 0.2) is 11.6 Å². The van der Waals surface area contributed by atoms with Crippen LogP contribution in [0.5, 0.6) is 0 Å². The Bertz CT molecular complexity index is 492. The first-order chi connectivity index (χ1) is 9.71. The highest BCUT2D eigenvalue weighted by molar-refractivity contribution is 5.21. The Morgan fingerprint density at radius 3 is 2.57 bits per heavy atom. The summed E-state index contributed by atoms with van der Waals surface area (Å²) in [6, 6.07) is 4.37. The third-order valence-corrected chi connectivity index (χ3v) is 5.02. The molecule has 1 aromatic rings. The summed E-state index contributed by atoms with van der Waals surface area (Å²) in [4.78, 5) is 0. The molecule has 1 fully saturated rings. The van der Waals surface area contributed by atoms with Crippen LogP contribution in [0.15, 0.2) is 18.2 Å². The van der Waals surface area contributed by atoms with Crippen molar-refractivity contribution in [1.82, 2.24) is 0 Å². The second-order valence-corrected chi connectivity index (χ2v) is 7.75. The topological polar surface area (TPSA) is 26.0 Å². The maximum atomic E-state index is 13.9. The summed E-state index contributed by atoms with van der Waals surface area (Å²) >= 11 is 0. The van der Waals surface area contributed by atoms with Crippen LogP contribution in [0.2, 0.25) is 0 Å². The molecule has 21 heavy (non-hydrogen) atoms. The zero-order valence-electron chi connectivity index (χ0n) is 13.4. The van der Waals surface area contributed by atoms with E-state index in [1.54, 1.807) is 12.1 Å². The summed E-state index contributed by atoms with van der Waals surface area (Å²) in [5.41, 5.74) is 6.81. The molecule has 3 heteroatoms. The van der Waals surface area contributed by atoms with E-state index in [1.165, 1.54) is 6.42 Å². The average Bonchev–Trinajstić information content (AvgIpc) is 2.57. The van der Waals surface area contributed by atoms with Gasteiger partial charge in [0.1, 0.15) is 0 Å². The molecular weight excluding hydrogens is 268 g/mol. The van der Waals surface area contributed by atoms with Crippen molar-refractivity contribution in [2.45, 2.75) is 64.8 Å². The first kappa shape index (κ1) is 16.4. The molecule has 0 aliphatic heterocycles. The van der Waals surface area contributed by atoms with Crippen molar-refractivity contribution >= 4 is 0 Å². The molecule has 1 nitrogen and oxygen atoms in total. The maximum absolute atomic E-state index is 13.9. The summed E-state index contributed by atoms with van der Waals surface area (Å²) in [6.07, 6.45) is 5.49. The highest BCUT2D eigenvalue weighted by atomic mass is 19.2. The first-order valence-electron chi connectivity index (χ1n) is 7.93. The second-order valence-electron chi connectivity index (χ2n) is 7.75. The van der Waals surface area contributed by atoms with E-state index < -0.39 is 17.2 Å². The molecular formula is C18H27F2N. The fourth-order valence-electron chi connectivity index (χ4n) is 3.54. The summed E-state index contributed by atoms with van der Waals surface area (Å²) in [7, 11) is 0. The summed E-state index contributed by atoms with van der Waals surface area (Å²) in [6.45, 7) is 6.81. The van der Waals surface area contributed by atoms with Crippen LogP contribution in [0.25, 0.3) is 0 Å². The number of benzene rings is 1. The average molecular weight is 295 g/mol. The SMILES string of the molecule is CC(C)(C)C1CCCC(N)(Cc2cccc(F)c2F)CC1. The fourth-order valence-corrected chi connectivity index (χ4v) is 3.54. The standard InChI is InChI=1S/C18H27F2N/c1-17(2,3)14-7-5-10-18(21,11-9-14)12-13-6-4-8-15(19)16(13)20/h4,6,8,14H,5,7,9-12,21H2,1-3H3. The molecule has 1 saturated carbocycles. The second kappa shape index (κ2) is 6.04. The summed E-state index contributed by atoms with van der Waals surface area (Å²) < 4.78 is 27.2. The smallest absolute Gasteiger partial charge is 0.162 e. The van der Waals surface area contributed by atoms with E-state index in [4.69, 9.17) is 5.73 Å². The molecule has 0 bridgehead atoms. The van der Waals surface area contributed by atoms with Crippen LogP contribution in [-0.2, 0) is 6.42 Å². The van der Waals surface area contributed by atoms with Gasteiger partial charge in [-0.3, -0.25) is 0 Å². The Morgan fingerprint density at radius 1 is 1.19 bits per heavy atom. The molecule has 2 unspecified atom stereocenters. The van der Waals surface area contributed by atoms with Gasteiger partial charge in [-0.1, -0.05) is 39.3 Å². The fraction of sp³-hybridized carbons (Fsp3) is 0.667. The van der Waals surface area contributed by atoms with E-state index in [2.05, 4.69) is 20.8 Å². The molecule has 0 spiro atoms. The molecule has 2 atom stereocenters. The van der Waals surface area contributed by atoms with Crippen molar-refractivity contribution in [3.05, 3.63) is 35.4 Å². The lowest BCUT2D eigenvalue weighted by atomic mass is 9.76. The van der Waals surface area contributed by atoms with Crippen LogP contribution < -0.4 is 5.73 Å². The largest absolute Gasteiger partial charge is 0.325 e. The third-order valence-electron chi connectivity index (χ3n) is 5.02. The van der Waals surface area contributed by atoms with Crippen molar-refractivity contribution in [2.24, 2.45) is 17.1 Å². The normalized spacial score (nSPS) is 27.4. The minimum absolute atomic E-state index is 0.287. The van der Waals surface area contributed by atoms with Crippen LogP contribution in [0, 0.1) is 23.0 Å². The Balaban J connectivity index is 2.11. The van der Waals surface area contributed by atoms with Crippen LogP contribution >= 0.6 is 0 Å². The molecule has 0 amide bonds. The van der Waals surface area contributed by atoms with E-state index in [-0.39, 0.29) is 5.41 Å². The van der Waals surface area contributed by atoms with Gasteiger partial charge in [0.05, 0.1) is 0 Å². The van der Waals surface area contributed by atoms with E-state index >= 15 is 0 Å². The molecule has 0 aromatic heterocycles. The van der Waals surface area contributed by atoms with Crippen molar-refractivity contribution in [3.63, 3.8) is 0 Å². The molecule has 118 valence electrons. The van der Waals surface area contributed by atoms with Gasteiger partial charge >= 0.3 is 0 Å². The quantitative estimate of drug-likeness (QED) is 0.777. The van der Waals surface area contributed by atoms with Crippen molar-refractivity contribution in [3.8, 4) is 0 Å². The van der Waals surface area contributed by atoms with Gasteiger partial charge in [-0.25, -0.2) is 8.78 Å². The zero-order chi connectivity index (χ0) is 15.7. The number of halogens is 2. The monoisotopic (exact) mass is 295 g/mol. The predicted octanol–water partition coefficient (Wildman–Crippen LogP) is 4.83. The van der Waals surface area contributed by atoms with Gasteiger partial charge in [-0.15, -0.1) is 0 Å². The van der Waals surface area contributed by atoms with Crippen LogP contribution in [0.4, 0.5) is 8.78 Å². The molecule has 1 aliphatic carbocycles. The number of hydrogen-bond acceptors (Lipinski definition) is 1. The summed E-state index contributed by atoms with van der Waals surface area (Å²) in [5, 5.41) is 0. The van der Waals surface area contributed by atoms with Gasteiger partial charge in [-0.2, -0.15) is 0 Å². The minimum Gasteiger partial charge on any atom is -0.325 e.